The molecule has 0 radical (unpaired) electrons. The van der Waals surface area contributed by atoms with E-state index in [9.17, 15) is 41.9 Å². The van der Waals surface area contributed by atoms with E-state index in [1.54, 1.807) is 18.2 Å². The zero-order chi connectivity index (χ0) is 37.7. The molecule has 16 heteroatoms. The molecular formula is C36H35FN4O10S. The zero-order valence-electron chi connectivity index (χ0n) is 28.1. The lowest BCUT2D eigenvalue weighted by molar-refractivity contribution is -0.135. The Morgan fingerprint density at radius 1 is 1.02 bits per heavy atom. The van der Waals surface area contributed by atoms with Crippen molar-refractivity contribution in [2.24, 2.45) is 0 Å². The molecule has 3 aromatic carbocycles. The maximum Gasteiger partial charge on any atom is 0.371 e. The predicted molar refractivity (Wildman–Crippen MR) is 186 cm³/mol. The summed E-state index contributed by atoms with van der Waals surface area (Å²) < 4.78 is 48.4. The van der Waals surface area contributed by atoms with E-state index in [1.165, 1.54) is 56.6 Å². The maximum absolute atomic E-state index is 13.6. The Hall–Kier alpha value is -5.87. The number of nitrogens with one attached hydrogen (secondary N) is 3. The number of allylic oxidation sites excluding steroid dienone is 1. The van der Waals surface area contributed by atoms with Crippen molar-refractivity contribution in [2.75, 3.05) is 27.2 Å². The third kappa shape index (κ3) is 9.07. The number of carbonyl (C=O) groups is 5. The number of halogens is 1. The van der Waals surface area contributed by atoms with Crippen LogP contribution in [0.2, 0.25) is 0 Å². The third-order valence-corrected chi connectivity index (χ3v) is 9.59. The predicted octanol–water partition coefficient (Wildman–Crippen LogP) is 3.38. The number of likely N-dealkylation sites (N-methyl/N-ethyl adjacent to an activating group) is 1. The van der Waals surface area contributed by atoms with Gasteiger partial charge in [0.1, 0.15) is 17.2 Å². The summed E-state index contributed by atoms with van der Waals surface area (Å²) in [5.41, 5.74) is 2.71. The highest BCUT2D eigenvalue weighted by atomic mass is 32.2. The van der Waals surface area contributed by atoms with E-state index >= 15 is 0 Å². The molecule has 0 bridgehead atoms. The molecule has 0 spiro atoms. The number of furan rings is 1. The van der Waals surface area contributed by atoms with Crippen LogP contribution in [0, 0.1) is 5.82 Å². The van der Waals surface area contributed by atoms with Crippen LogP contribution in [0.4, 0.5) is 4.39 Å². The first-order valence-corrected chi connectivity index (χ1v) is 17.6. The molecule has 1 fully saturated rings. The van der Waals surface area contributed by atoms with Gasteiger partial charge in [0.2, 0.25) is 27.6 Å². The molecule has 1 aliphatic carbocycles. The van der Waals surface area contributed by atoms with Gasteiger partial charge in [-0.3, -0.25) is 19.2 Å². The van der Waals surface area contributed by atoms with Crippen LogP contribution in [0.15, 0.2) is 76.9 Å². The van der Waals surface area contributed by atoms with E-state index in [0.29, 0.717) is 28.2 Å². The monoisotopic (exact) mass is 734 g/mol. The number of aliphatic carboxylic acids is 1. The first-order valence-electron chi connectivity index (χ1n) is 16.0. The van der Waals surface area contributed by atoms with Crippen molar-refractivity contribution in [3.05, 3.63) is 106 Å². The molecule has 272 valence electrons. The maximum atomic E-state index is 13.6. The smallest absolute Gasteiger partial charge is 0.371 e. The van der Waals surface area contributed by atoms with Crippen molar-refractivity contribution in [2.45, 2.75) is 31.1 Å². The highest BCUT2D eigenvalue weighted by Crippen LogP contribution is 2.45. The zero-order valence-corrected chi connectivity index (χ0v) is 28.9. The molecular weight excluding hydrogens is 699 g/mol. The lowest BCUT2D eigenvalue weighted by Gasteiger charge is -2.17. The molecule has 0 unspecified atom stereocenters. The molecule has 3 amide bonds. The van der Waals surface area contributed by atoms with E-state index in [2.05, 4.69) is 15.4 Å². The van der Waals surface area contributed by atoms with Crippen molar-refractivity contribution in [3.63, 3.8) is 0 Å². The summed E-state index contributed by atoms with van der Waals surface area (Å²) in [5.74, 6) is -5.86. The van der Waals surface area contributed by atoms with Gasteiger partial charge in [-0.05, 0) is 77.9 Å². The van der Waals surface area contributed by atoms with Crippen molar-refractivity contribution in [1.82, 2.24) is 20.3 Å². The van der Waals surface area contributed by atoms with Crippen LogP contribution in [-0.4, -0.2) is 80.2 Å². The van der Waals surface area contributed by atoms with E-state index in [4.69, 9.17) is 9.52 Å². The molecule has 0 atom stereocenters. The second kappa shape index (κ2) is 15.6. The Kier molecular flexibility index (Phi) is 11.2. The number of aliphatic hydroxyl groups is 1. The molecule has 52 heavy (non-hydrogen) atoms. The molecule has 14 nitrogen and oxygen atoms in total. The third-order valence-electron chi connectivity index (χ3n) is 8.31. The molecule has 1 aliphatic rings. The summed E-state index contributed by atoms with van der Waals surface area (Å²) in [6.45, 7) is -1.06. The minimum Gasteiger partial charge on any atom is -0.502 e. The van der Waals surface area contributed by atoms with E-state index in [1.807, 2.05) is 0 Å². The Labute approximate surface area is 297 Å². The van der Waals surface area contributed by atoms with Gasteiger partial charge >= 0.3 is 5.97 Å². The number of rotatable bonds is 15. The van der Waals surface area contributed by atoms with Gasteiger partial charge in [0.15, 0.2) is 5.78 Å². The summed E-state index contributed by atoms with van der Waals surface area (Å²) in [7, 11) is -1.28. The molecule has 5 rings (SSSR count). The summed E-state index contributed by atoms with van der Waals surface area (Å²) in [6.07, 6.45) is 2.22. The van der Waals surface area contributed by atoms with Gasteiger partial charge in [-0.15, -0.1) is 0 Å². The quantitative estimate of drug-likeness (QED) is 0.0683. The molecule has 4 aromatic rings. The Morgan fingerprint density at radius 3 is 2.38 bits per heavy atom. The molecule has 0 saturated heterocycles. The van der Waals surface area contributed by atoms with Gasteiger partial charge in [-0.25, -0.2) is 22.3 Å². The van der Waals surface area contributed by atoms with Crippen LogP contribution >= 0.6 is 0 Å². The second-order valence-corrected chi connectivity index (χ2v) is 14.0. The Morgan fingerprint density at radius 2 is 1.73 bits per heavy atom. The van der Waals surface area contributed by atoms with Crippen LogP contribution in [0.3, 0.4) is 0 Å². The fourth-order valence-electron chi connectivity index (χ4n) is 5.48. The topological polar surface area (TPSA) is 212 Å². The number of sulfonamides is 1. The minimum atomic E-state index is -4.08. The van der Waals surface area contributed by atoms with Crippen molar-refractivity contribution < 1.29 is 51.4 Å². The van der Waals surface area contributed by atoms with Crippen LogP contribution in [0.1, 0.15) is 56.2 Å². The number of benzene rings is 3. The largest absolute Gasteiger partial charge is 0.502 e. The summed E-state index contributed by atoms with van der Waals surface area (Å²) >= 11 is 0. The van der Waals surface area contributed by atoms with Gasteiger partial charge in [0.25, 0.3) is 5.91 Å². The number of carboxylic acid groups (broad SMARTS) is 1. The molecule has 1 heterocycles. The van der Waals surface area contributed by atoms with Crippen molar-refractivity contribution in [3.8, 4) is 11.3 Å². The molecule has 0 aliphatic heterocycles. The number of ketones is 1. The number of fused-ring (bicyclic) bond motifs is 1. The Balaban J connectivity index is 1.22. The van der Waals surface area contributed by atoms with Gasteiger partial charge in [-0.1, -0.05) is 18.2 Å². The first-order chi connectivity index (χ1) is 24.6. The molecule has 5 N–H and O–H groups in total. The molecule has 1 saturated carbocycles. The highest BCUT2D eigenvalue weighted by molar-refractivity contribution is 7.88. The van der Waals surface area contributed by atoms with Crippen LogP contribution < -0.4 is 15.4 Å². The highest BCUT2D eigenvalue weighted by Gasteiger charge is 2.31. The molecule has 1 aromatic heterocycles. The average Bonchev–Trinajstić information content (AvgIpc) is 3.89. The first kappa shape index (κ1) is 37.4. The number of carbonyl (C=O) groups excluding carboxylic acids is 4. The van der Waals surface area contributed by atoms with E-state index < -0.39 is 69.9 Å². The Bertz CT molecular complexity index is 2210. The van der Waals surface area contributed by atoms with Crippen LogP contribution in [0.25, 0.3) is 22.3 Å². The number of carboxylic acids is 1. The minimum absolute atomic E-state index is 0.0391. The summed E-state index contributed by atoms with van der Waals surface area (Å²) in [5, 5.41) is 23.7. The van der Waals surface area contributed by atoms with Crippen LogP contribution in [0.5, 0.6) is 0 Å². The number of nitrogens with zero attached hydrogens (tertiary/aromatic N) is 1. The average molecular weight is 735 g/mol. The van der Waals surface area contributed by atoms with E-state index in [0.717, 1.165) is 23.3 Å². The second-order valence-electron chi connectivity index (χ2n) is 12.2. The number of aliphatic hydroxyl groups excluding tert-OH is 1. The lowest BCUT2D eigenvalue weighted by Crippen LogP contribution is -2.43. The van der Waals surface area contributed by atoms with Gasteiger partial charge in [0.05, 0.1) is 24.4 Å². The van der Waals surface area contributed by atoms with Crippen molar-refractivity contribution in [1.29, 1.82) is 0 Å². The number of hydrogen-bond acceptors (Lipinski definition) is 9. The number of hydrogen-bond donors (Lipinski definition) is 5. The standard InChI is InChI=1S/C36H35FN4O10S/c1-38-35(46)33-27-14-26(21-6-7-21)24(13-30(27)51-34(33)22-8-10-25(37)11-9-22)19-52(49,50)40-17-32(45)41(2)18-31(44)39-16-20-4-3-5-23(12-20)28(42)15-29(43)36(47)48/h3-5,8-15,21,40,43H,6-7,16-19H2,1-2H3,(H,38,46)(H,39,44)(H,47,48)/b29-15-. The lowest BCUT2D eigenvalue weighted by atomic mass is 9.98. The van der Waals surface area contributed by atoms with Crippen molar-refractivity contribution >= 4 is 50.5 Å². The van der Waals surface area contributed by atoms with Gasteiger partial charge in [0, 0.05) is 43.2 Å². The van der Waals surface area contributed by atoms with Crippen LogP contribution in [-0.2, 0) is 36.7 Å². The summed E-state index contributed by atoms with van der Waals surface area (Å²) in [4.78, 5) is 62.3. The fraction of sp³-hybridized carbons (Fsp3) is 0.250. The number of amides is 3. The fourth-order valence-corrected chi connectivity index (χ4v) is 6.59. The van der Waals surface area contributed by atoms with E-state index in [-0.39, 0.29) is 34.9 Å². The summed E-state index contributed by atoms with van der Waals surface area (Å²) in [6, 6.07) is 14.7. The van der Waals surface area contributed by atoms with Gasteiger partial charge < -0.3 is 30.2 Å². The SMILES string of the molecule is CNC(=O)c1c(-c2ccc(F)cc2)oc2cc(CS(=O)(=O)NCC(=O)N(C)CC(=O)NCc3cccc(C(=O)/C=C(\O)C(=O)O)c3)c(C3CC3)cc12. The van der Waals surface area contributed by atoms with Gasteiger partial charge in [-0.2, -0.15) is 0 Å². The normalized spacial score (nSPS) is 13.1.